The number of aliphatic imine (C=N–C) groups is 1. The van der Waals surface area contributed by atoms with Crippen LogP contribution in [-0.2, 0) is 30.2 Å². The van der Waals surface area contributed by atoms with Crippen molar-refractivity contribution in [1.82, 2.24) is 19.1 Å². The molecule has 7 nitrogen and oxygen atoms in total. The summed E-state index contributed by atoms with van der Waals surface area (Å²) in [4.78, 5) is 7.18. The van der Waals surface area contributed by atoms with E-state index in [0.29, 0.717) is 24.5 Å². The zero-order chi connectivity index (χ0) is 21.6. The minimum atomic E-state index is -3.43. The quantitative estimate of drug-likeness (QED) is 0.541. The molecule has 1 fully saturated rings. The van der Waals surface area contributed by atoms with Crippen molar-refractivity contribution in [2.75, 3.05) is 26.7 Å². The van der Waals surface area contributed by atoms with Crippen LogP contribution in [0.1, 0.15) is 37.4 Å². The molecule has 0 bridgehead atoms. The van der Waals surface area contributed by atoms with Gasteiger partial charge in [0.1, 0.15) is 0 Å². The Morgan fingerprint density at radius 3 is 2.60 bits per heavy atom. The first-order chi connectivity index (χ1) is 14.4. The number of guanidine groups is 1. The fourth-order valence-corrected chi connectivity index (χ4v) is 5.26. The number of hydrogen-bond donors (Lipinski definition) is 1. The largest absolute Gasteiger partial charge is 0.357 e. The van der Waals surface area contributed by atoms with Gasteiger partial charge in [0.15, 0.2) is 5.96 Å². The molecule has 1 aromatic carbocycles. The van der Waals surface area contributed by atoms with Gasteiger partial charge in [0, 0.05) is 45.6 Å². The van der Waals surface area contributed by atoms with Gasteiger partial charge in [0.2, 0.25) is 10.0 Å². The molecule has 1 aromatic heterocycles. The smallest absolute Gasteiger partial charge is 0.243 e. The molecular formula is C22H33N5O2S. The third-order valence-electron chi connectivity index (χ3n) is 5.41. The first kappa shape index (κ1) is 22.4. The molecule has 0 atom stereocenters. The molecule has 0 radical (unpaired) electrons. The van der Waals surface area contributed by atoms with Gasteiger partial charge < -0.3 is 14.8 Å². The maximum Gasteiger partial charge on any atom is 0.243 e. The minimum Gasteiger partial charge on any atom is -0.357 e. The van der Waals surface area contributed by atoms with E-state index in [9.17, 15) is 8.42 Å². The topological polar surface area (TPSA) is 69.9 Å². The Labute approximate surface area is 180 Å². The summed E-state index contributed by atoms with van der Waals surface area (Å²) in [5.74, 6) is 0.794. The Hall–Kier alpha value is -2.32. The Kier molecular flexibility index (Phi) is 7.55. The number of rotatable bonds is 7. The monoisotopic (exact) mass is 431 g/mol. The number of benzene rings is 1. The molecule has 164 valence electrons. The van der Waals surface area contributed by atoms with Crippen LogP contribution in [0, 0.1) is 0 Å². The second kappa shape index (κ2) is 10.1. The summed E-state index contributed by atoms with van der Waals surface area (Å²) < 4.78 is 29.6. The number of sulfonamides is 1. The molecule has 0 spiro atoms. The second-order valence-electron chi connectivity index (χ2n) is 7.75. The lowest BCUT2D eigenvalue weighted by molar-refractivity contribution is 0.346. The van der Waals surface area contributed by atoms with E-state index in [2.05, 4.69) is 20.9 Å². The average molecular weight is 432 g/mol. The van der Waals surface area contributed by atoms with Gasteiger partial charge in [-0.1, -0.05) is 18.6 Å². The van der Waals surface area contributed by atoms with Gasteiger partial charge >= 0.3 is 0 Å². The first-order valence-electron chi connectivity index (χ1n) is 10.6. The van der Waals surface area contributed by atoms with Gasteiger partial charge in [-0.2, -0.15) is 4.31 Å². The lowest BCUT2D eigenvalue weighted by Crippen LogP contribution is -2.38. The zero-order valence-corrected chi connectivity index (χ0v) is 19.0. The van der Waals surface area contributed by atoms with E-state index in [1.165, 1.54) is 5.69 Å². The van der Waals surface area contributed by atoms with Crippen molar-refractivity contribution in [3.63, 3.8) is 0 Å². The van der Waals surface area contributed by atoms with Gasteiger partial charge in [0.25, 0.3) is 0 Å². The third kappa shape index (κ3) is 5.43. The molecule has 1 aliphatic heterocycles. The predicted molar refractivity (Wildman–Crippen MR) is 121 cm³/mol. The van der Waals surface area contributed by atoms with Crippen molar-refractivity contribution in [2.24, 2.45) is 12.0 Å². The lowest BCUT2D eigenvalue weighted by atomic mass is 10.2. The highest BCUT2D eigenvalue weighted by Crippen LogP contribution is 2.21. The van der Waals surface area contributed by atoms with Crippen LogP contribution in [-0.4, -0.2) is 54.8 Å². The van der Waals surface area contributed by atoms with Crippen molar-refractivity contribution in [2.45, 2.75) is 44.2 Å². The summed E-state index contributed by atoms with van der Waals surface area (Å²) in [5, 5.41) is 3.32. The number of aromatic nitrogens is 1. The highest BCUT2D eigenvalue weighted by molar-refractivity contribution is 7.89. The molecule has 30 heavy (non-hydrogen) atoms. The van der Waals surface area contributed by atoms with Crippen LogP contribution in [0.4, 0.5) is 0 Å². The van der Waals surface area contributed by atoms with Gasteiger partial charge in [-0.15, -0.1) is 0 Å². The van der Waals surface area contributed by atoms with Crippen LogP contribution in [0.3, 0.4) is 0 Å². The van der Waals surface area contributed by atoms with E-state index in [-0.39, 0.29) is 0 Å². The molecular weight excluding hydrogens is 398 g/mol. The van der Waals surface area contributed by atoms with E-state index in [1.807, 2.05) is 45.4 Å². The third-order valence-corrected chi connectivity index (χ3v) is 7.30. The Balaban J connectivity index is 1.74. The van der Waals surface area contributed by atoms with Crippen molar-refractivity contribution < 1.29 is 8.42 Å². The van der Waals surface area contributed by atoms with Crippen LogP contribution >= 0.6 is 0 Å². The molecule has 2 heterocycles. The zero-order valence-electron chi connectivity index (χ0n) is 18.2. The average Bonchev–Trinajstić information content (AvgIpc) is 3.16. The highest BCUT2D eigenvalue weighted by Gasteiger charge is 2.25. The van der Waals surface area contributed by atoms with Gasteiger partial charge in [0.05, 0.1) is 18.0 Å². The normalized spacial score (nSPS) is 15.9. The molecule has 0 amide bonds. The van der Waals surface area contributed by atoms with Crippen LogP contribution in [0.25, 0.3) is 0 Å². The van der Waals surface area contributed by atoms with Crippen molar-refractivity contribution >= 4 is 16.0 Å². The van der Waals surface area contributed by atoms with Crippen LogP contribution in [0.15, 0.2) is 52.5 Å². The van der Waals surface area contributed by atoms with E-state index < -0.39 is 10.0 Å². The lowest BCUT2D eigenvalue weighted by Gasteiger charge is -2.26. The predicted octanol–water partition coefficient (Wildman–Crippen LogP) is 2.80. The number of hydrogen-bond acceptors (Lipinski definition) is 3. The maximum absolute atomic E-state index is 13.0. The summed E-state index contributed by atoms with van der Waals surface area (Å²) in [5.41, 5.74) is 2.08. The molecule has 1 saturated heterocycles. The molecule has 0 unspecified atom stereocenters. The SMILES string of the molecule is CCNC(=NCc1cccc(S(=O)(=O)N2CCCCC2)c1)N(C)Cc1cccn1C. The molecule has 8 heteroatoms. The minimum absolute atomic E-state index is 0.360. The molecule has 1 aliphatic rings. The Morgan fingerprint density at radius 2 is 1.93 bits per heavy atom. The fourth-order valence-electron chi connectivity index (χ4n) is 3.67. The molecule has 0 saturated carbocycles. The maximum atomic E-state index is 13.0. The Bertz CT molecular complexity index is 961. The van der Waals surface area contributed by atoms with Crippen LogP contribution in [0.5, 0.6) is 0 Å². The summed E-state index contributed by atoms with van der Waals surface area (Å²) >= 11 is 0. The number of nitrogens with one attached hydrogen (secondary N) is 1. The van der Waals surface area contributed by atoms with Crippen molar-refractivity contribution in [3.05, 3.63) is 53.9 Å². The molecule has 3 rings (SSSR count). The standard InChI is InChI=1S/C22H33N5O2S/c1-4-23-22(26(3)18-20-11-9-13-25(20)2)24-17-19-10-8-12-21(16-19)30(28,29)27-14-6-5-7-15-27/h8-13,16H,4-7,14-15,17-18H2,1-3H3,(H,23,24). The van der Waals surface area contributed by atoms with Crippen LogP contribution in [0.2, 0.25) is 0 Å². The van der Waals surface area contributed by atoms with Crippen molar-refractivity contribution in [3.8, 4) is 0 Å². The van der Waals surface area contributed by atoms with E-state index in [4.69, 9.17) is 4.99 Å². The highest BCUT2D eigenvalue weighted by atomic mass is 32.2. The van der Waals surface area contributed by atoms with E-state index >= 15 is 0 Å². The number of aryl methyl sites for hydroxylation is 1. The number of nitrogens with zero attached hydrogens (tertiary/aromatic N) is 4. The van der Waals surface area contributed by atoms with Crippen LogP contribution < -0.4 is 5.32 Å². The van der Waals surface area contributed by atoms with Gasteiger partial charge in [-0.05, 0) is 49.6 Å². The summed E-state index contributed by atoms with van der Waals surface area (Å²) in [6, 6.07) is 11.3. The molecule has 0 aliphatic carbocycles. The fraction of sp³-hybridized carbons (Fsp3) is 0.500. The second-order valence-corrected chi connectivity index (χ2v) is 9.69. The van der Waals surface area contributed by atoms with E-state index in [0.717, 1.165) is 43.9 Å². The molecule has 2 aromatic rings. The van der Waals surface area contributed by atoms with Crippen molar-refractivity contribution in [1.29, 1.82) is 0 Å². The summed E-state index contributed by atoms with van der Waals surface area (Å²) in [6.45, 7) is 5.18. The van der Waals surface area contributed by atoms with Gasteiger partial charge in [-0.3, -0.25) is 0 Å². The van der Waals surface area contributed by atoms with E-state index in [1.54, 1.807) is 16.4 Å². The summed E-state index contributed by atoms with van der Waals surface area (Å²) in [7, 11) is 0.602. The Morgan fingerprint density at radius 1 is 1.17 bits per heavy atom. The van der Waals surface area contributed by atoms with Gasteiger partial charge in [-0.25, -0.2) is 13.4 Å². The molecule has 1 N–H and O–H groups in total. The first-order valence-corrected chi connectivity index (χ1v) is 12.0. The number of piperidine rings is 1. The summed E-state index contributed by atoms with van der Waals surface area (Å²) in [6.07, 6.45) is 5.00.